The maximum Gasteiger partial charge on any atom is 0.338 e. The van der Waals surface area contributed by atoms with Crippen molar-refractivity contribution in [1.29, 1.82) is 0 Å². The zero-order chi connectivity index (χ0) is 17.0. The summed E-state index contributed by atoms with van der Waals surface area (Å²) in [5.74, 6) is -0.553. The van der Waals surface area contributed by atoms with Gasteiger partial charge < -0.3 is 4.74 Å². The first-order valence-electron chi connectivity index (χ1n) is 6.75. The van der Waals surface area contributed by atoms with Crippen LogP contribution in [0.1, 0.15) is 18.2 Å². The van der Waals surface area contributed by atoms with Gasteiger partial charge in [0, 0.05) is 25.4 Å². The van der Waals surface area contributed by atoms with Crippen LogP contribution in [0.25, 0.3) is 11.6 Å². The summed E-state index contributed by atoms with van der Waals surface area (Å²) in [6.07, 6.45) is 3.10. The number of aromatic nitrogens is 2. The molecule has 7 nitrogen and oxygen atoms in total. The molecule has 0 saturated carbocycles. The van der Waals surface area contributed by atoms with E-state index in [4.69, 9.17) is 16.3 Å². The summed E-state index contributed by atoms with van der Waals surface area (Å²) in [6, 6.07) is 5.61. The zero-order valence-electron chi connectivity index (χ0n) is 12.5. The number of ether oxygens (including phenoxy) is 1. The molecule has 0 unspecified atom stereocenters. The highest BCUT2D eigenvalue weighted by molar-refractivity contribution is 6.32. The van der Waals surface area contributed by atoms with Gasteiger partial charge in [-0.2, -0.15) is 5.10 Å². The van der Waals surface area contributed by atoms with Crippen LogP contribution in [0.15, 0.2) is 30.5 Å². The molecule has 0 aliphatic carbocycles. The summed E-state index contributed by atoms with van der Waals surface area (Å²) in [5.41, 5.74) is 1.06. The molecular formula is C15H14ClN3O4. The quantitative estimate of drug-likeness (QED) is 0.362. The second kappa shape index (κ2) is 7.06. The minimum absolute atomic E-state index is 0.0622. The minimum atomic E-state index is -0.553. The number of non-ortho nitro benzene ring substituents is 1. The van der Waals surface area contributed by atoms with Crippen molar-refractivity contribution in [3.8, 4) is 0 Å². The van der Waals surface area contributed by atoms with Gasteiger partial charge in [-0.1, -0.05) is 11.6 Å². The van der Waals surface area contributed by atoms with Crippen LogP contribution >= 0.6 is 11.6 Å². The first-order chi connectivity index (χ1) is 10.9. The molecule has 0 bridgehead atoms. The van der Waals surface area contributed by atoms with E-state index in [-0.39, 0.29) is 17.9 Å². The molecule has 0 N–H and O–H groups in total. The standard InChI is InChI=1S/C15H14ClN3O4/c1-3-23-15(20)12(8-14-13(16)9-18(2)17-14)10-4-6-11(7-5-10)19(21)22/h4-9H,3H2,1-2H3. The average Bonchev–Trinajstić information content (AvgIpc) is 2.82. The average molecular weight is 336 g/mol. The van der Waals surface area contributed by atoms with Crippen molar-refractivity contribution in [2.45, 2.75) is 6.92 Å². The van der Waals surface area contributed by atoms with Crippen LogP contribution in [0.4, 0.5) is 5.69 Å². The van der Waals surface area contributed by atoms with Gasteiger partial charge >= 0.3 is 5.97 Å². The van der Waals surface area contributed by atoms with Gasteiger partial charge in [0.1, 0.15) is 5.69 Å². The molecular weight excluding hydrogens is 322 g/mol. The van der Waals surface area contributed by atoms with Crippen LogP contribution in [0.3, 0.4) is 0 Å². The van der Waals surface area contributed by atoms with E-state index in [1.165, 1.54) is 35.0 Å². The van der Waals surface area contributed by atoms with Gasteiger partial charge in [0.15, 0.2) is 0 Å². The van der Waals surface area contributed by atoms with Crippen molar-refractivity contribution in [3.63, 3.8) is 0 Å². The summed E-state index contributed by atoms with van der Waals surface area (Å²) in [5, 5.41) is 15.3. The van der Waals surface area contributed by atoms with E-state index in [2.05, 4.69) is 5.10 Å². The van der Waals surface area contributed by atoms with Crippen molar-refractivity contribution in [1.82, 2.24) is 9.78 Å². The summed E-state index contributed by atoms with van der Waals surface area (Å²) in [4.78, 5) is 22.4. The number of carbonyl (C=O) groups excluding carboxylic acids is 1. The Morgan fingerprint density at radius 1 is 1.43 bits per heavy atom. The monoisotopic (exact) mass is 335 g/mol. The van der Waals surface area contributed by atoms with Crippen molar-refractivity contribution in [2.75, 3.05) is 6.61 Å². The molecule has 2 rings (SSSR count). The van der Waals surface area contributed by atoms with Gasteiger partial charge in [-0.3, -0.25) is 14.8 Å². The van der Waals surface area contributed by atoms with E-state index in [9.17, 15) is 14.9 Å². The topological polar surface area (TPSA) is 87.3 Å². The fraction of sp³-hybridized carbons (Fsp3) is 0.200. The molecule has 0 spiro atoms. The summed E-state index contributed by atoms with van der Waals surface area (Å²) in [7, 11) is 1.71. The maximum atomic E-state index is 12.2. The number of nitro groups is 1. The molecule has 1 aromatic carbocycles. The van der Waals surface area contributed by atoms with Crippen LogP contribution in [-0.2, 0) is 16.6 Å². The fourth-order valence-electron chi connectivity index (χ4n) is 1.94. The van der Waals surface area contributed by atoms with Crippen molar-refractivity contribution < 1.29 is 14.5 Å². The third kappa shape index (κ3) is 3.95. The molecule has 0 aliphatic rings. The zero-order valence-corrected chi connectivity index (χ0v) is 13.3. The van der Waals surface area contributed by atoms with Gasteiger partial charge in [0.05, 0.1) is 22.1 Å². The van der Waals surface area contributed by atoms with Crippen molar-refractivity contribution in [3.05, 3.63) is 56.9 Å². The molecule has 1 aromatic heterocycles. The van der Waals surface area contributed by atoms with Crippen molar-refractivity contribution in [2.24, 2.45) is 7.05 Å². The number of rotatable bonds is 5. The highest BCUT2D eigenvalue weighted by Crippen LogP contribution is 2.25. The number of hydrogen-bond acceptors (Lipinski definition) is 5. The van der Waals surface area contributed by atoms with Gasteiger partial charge in [-0.05, 0) is 30.7 Å². The summed E-state index contributed by atoms with van der Waals surface area (Å²) < 4.78 is 6.56. The Kier molecular flexibility index (Phi) is 5.13. The predicted molar refractivity (Wildman–Crippen MR) is 85.8 cm³/mol. The Morgan fingerprint density at radius 2 is 2.09 bits per heavy atom. The first kappa shape index (κ1) is 16.7. The molecule has 0 radical (unpaired) electrons. The fourth-order valence-corrected chi connectivity index (χ4v) is 2.18. The smallest absolute Gasteiger partial charge is 0.338 e. The van der Waals surface area contributed by atoms with Crippen LogP contribution < -0.4 is 0 Å². The van der Waals surface area contributed by atoms with E-state index >= 15 is 0 Å². The molecule has 0 amide bonds. The summed E-state index contributed by atoms with van der Waals surface area (Å²) in [6.45, 7) is 1.90. The third-order valence-electron chi connectivity index (χ3n) is 2.98. The third-order valence-corrected chi connectivity index (χ3v) is 3.27. The van der Waals surface area contributed by atoms with Crippen molar-refractivity contribution >= 4 is 34.9 Å². The lowest BCUT2D eigenvalue weighted by Crippen LogP contribution is -2.07. The highest BCUT2D eigenvalue weighted by Gasteiger charge is 2.16. The molecule has 0 fully saturated rings. The number of aryl methyl sites for hydroxylation is 1. The Labute approximate surface area is 137 Å². The number of esters is 1. The van der Waals surface area contributed by atoms with Crippen LogP contribution in [0.2, 0.25) is 5.02 Å². The van der Waals surface area contributed by atoms with E-state index in [0.29, 0.717) is 16.3 Å². The highest BCUT2D eigenvalue weighted by atomic mass is 35.5. The molecule has 120 valence electrons. The molecule has 8 heteroatoms. The molecule has 23 heavy (non-hydrogen) atoms. The molecule has 0 atom stereocenters. The lowest BCUT2D eigenvalue weighted by Gasteiger charge is -2.07. The second-order valence-electron chi connectivity index (χ2n) is 4.62. The Hall–Kier alpha value is -2.67. The Bertz CT molecular complexity index is 766. The van der Waals surface area contributed by atoms with Crippen LogP contribution in [-0.4, -0.2) is 27.3 Å². The number of nitro benzene ring substituents is 1. The van der Waals surface area contributed by atoms with Gasteiger partial charge in [0.25, 0.3) is 5.69 Å². The van der Waals surface area contributed by atoms with E-state index in [0.717, 1.165) is 0 Å². The lowest BCUT2D eigenvalue weighted by atomic mass is 10.0. The van der Waals surface area contributed by atoms with E-state index in [1.54, 1.807) is 20.2 Å². The van der Waals surface area contributed by atoms with Gasteiger partial charge in [-0.15, -0.1) is 0 Å². The Balaban J connectivity index is 2.47. The number of nitrogens with zero attached hydrogens (tertiary/aromatic N) is 3. The van der Waals surface area contributed by atoms with Crippen LogP contribution in [0, 0.1) is 10.1 Å². The predicted octanol–water partition coefficient (Wildman–Crippen LogP) is 3.09. The largest absolute Gasteiger partial charge is 0.462 e. The maximum absolute atomic E-state index is 12.2. The number of benzene rings is 1. The van der Waals surface area contributed by atoms with E-state index < -0.39 is 10.9 Å². The second-order valence-corrected chi connectivity index (χ2v) is 5.03. The number of halogens is 1. The number of carbonyl (C=O) groups is 1. The summed E-state index contributed by atoms with van der Waals surface area (Å²) >= 11 is 6.06. The molecule has 1 heterocycles. The number of hydrogen-bond donors (Lipinski definition) is 0. The van der Waals surface area contributed by atoms with Gasteiger partial charge in [0.2, 0.25) is 0 Å². The molecule has 0 saturated heterocycles. The SMILES string of the molecule is CCOC(=O)C(=Cc1nn(C)cc1Cl)c1ccc([N+](=O)[O-])cc1. The lowest BCUT2D eigenvalue weighted by molar-refractivity contribution is -0.384. The normalized spacial score (nSPS) is 11.3. The minimum Gasteiger partial charge on any atom is -0.462 e. The van der Waals surface area contributed by atoms with Gasteiger partial charge in [-0.25, -0.2) is 4.79 Å². The first-order valence-corrected chi connectivity index (χ1v) is 7.13. The van der Waals surface area contributed by atoms with Crippen LogP contribution in [0.5, 0.6) is 0 Å². The van der Waals surface area contributed by atoms with E-state index in [1.807, 2.05) is 0 Å². The molecule has 0 aliphatic heterocycles. The molecule has 2 aromatic rings. The Morgan fingerprint density at radius 3 is 2.57 bits per heavy atom.